The zero-order valence-electron chi connectivity index (χ0n) is 12.0. The van der Waals surface area contributed by atoms with Gasteiger partial charge in [0.2, 0.25) is 0 Å². The van der Waals surface area contributed by atoms with Gasteiger partial charge >= 0.3 is 6.03 Å². The van der Waals surface area contributed by atoms with Crippen LogP contribution in [0, 0.1) is 0 Å². The lowest BCUT2D eigenvalue weighted by molar-refractivity contribution is 0.176. The summed E-state index contributed by atoms with van der Waals surface area (Å²) >= 11 is 1.88. The van der Waals surface area contributed by atoms with Crippen molar-refractivity contribution < 1.29 is 9.90 Å². The molecule has 20 heavy (non-hydrogen) atoms. The number of thioether (sulfide) groups is 1. The molecule has 0 unspecified atom stereocenters. The number of nitrogens with one attached hydrogen (secondary N) is 1. The zero-order valence-corrected chi connectivity index (χ0v) is 12.8. The second-order valence-electron chi connectivity index (χ2n) is 5.38. The molecular formula is C15H22N2O2S. The fourth-order valence-corrected chi connectivity index (χ4v) is 2.84. The van der Waals surface area contributed by atoms with Gasteiger partial charge in [-0.3, -0.25) is 0 Å². The molecule has 1 fully saturated rings. The minimum atomic E-state index is -0.380. The van der Waals surface area contributed by atoms with Crippen molar-refractivity contribution >= 4 is 23.5 Å². The molecule has 1 aromatic rings. The normalized spacial score (nSPS) is 18.6. The Kier molecular flexibility index (Phi) is 5.31. The number of aliphatic hydroxyl groups is 1. The summed E-state index contributed by atoms with van der Waals surface area (Å²) in [7, 11) is 0. The van der Waals surface area contributed by atoms with Gasteiger partial charge in [0.1, 0.15) is 0 Å². The molecule has 1 saturated heterocycles. The van der Waals surface area contributed by atoms with Crippen molar-refractivity contribution in [3.05, 3.63) is 29.8 Å². The van der Waals surface area contributed by atoms with Gasteiger partial charge in [0.25, 0.3) is 0 Å². The summed E-state index contributed by atoms with van der Waals surface area (Å²) in [5, 5.41) is 13.0. The van der Waals surface area contributed by atoms with Crippen LogP contribution in [0.25, 0.3) is 0 Å². The summed E-state index contributed by atoms with van der Waals surface area (Å²) in [4.78, 5) is 13.7. The first-order valence-corrected chi connectivity index (χ1v) is 8.04. The molecule has 1 atom stereocenters. The molecule has 4 nitrogen and oxygen atoms in total. The molecule has 5 heteroatoms. The van der Waals surface area contributed by atoms with Crippen LogP contribution in [0.3, 0.4) is 0 Å². The topological polar surface area (TPSA) is 52.6 Å². The molecule has 110 valence electrons. The van der Waals surface area contributed by atoms with Crippen LogP contribution in [0.1, 0.15) is 25.8 Å². The van der Waals surface area contributed by atoms with E-state index in [0.29, 0.717) is 24.8 Å². The van der Waals surface area contributed by atoms with Crippen LogP contribution in [-0.2, 0) is 5.75 Å². The number of carbonyl (C=O) groups is 1. The van der Waals surface area contributed by atoms with E-state index in [0.717, 1.165) is 11.4 Å². The maximum absolute atomic E-state index is 12.0. The van der Waals surface area contributed by atoms with Crippen molar-refractivity contribution in [2.24, 2.45) is 0 Å². The number of nitrogens with zero attached hydrogens (tertiary/aromatic N) is 1. The fraction of sp³-hybridized carbons (Fsp3) is 0.533. The predicted octanol–water partition coefficient (Wildman–Crippen LogP) is 2.93. The number of hydrogen-bond donors (Lipinski definition) is 2. The molecule has 1 aliphatic heterocycles. The van der Waals surface area contributed by atoms with E-state index in [4.69, 9.17) is 0 Å². The van der Waals surface area contributed by atoms with Crippen molar-refractivity contribution in [2.75, 3.05) is 18.4 Å². The molecule has 2 amide bonds. The maximum Gasteiger partial charge on any atom is 0.321 e. The highest BCUT2D eigenvalue weighted by atomic mass is 32.2. The second-order valence-corrected chi connectivity index (χ2v) is 6.94. The Morgan fingerprint density at radius 2 is 2.35 bits per heavy atom. The predicted molar refractivity (Wildman–Crippen MR) is 84.1 cm³/mol. The third kappa shape index (κ3) is 4.42. The maximum atomic E-state index is 12.0. The average molecular weight is 294 g/mol. The van der Waals surface area contributed by atoms with Crippen molar-refractivity contribution in [3.63, 3.8) is 0 Å². The van der Waals surface area contributed by atoms with E-state index in [1.54, 1.807) is 4.90 Å². The third-order valence-electron chi connectivity index (χ3n) is 3.21. The smallest absolute Gasteiger partial charge is 0.321 e. The molecule has 1 aliphatic rings. The molecule has 0 aliphatic carbocycles. The van der Waals surface area contributed by atoms with Gasteiger partial charge in [-0.05, 0) is 29.4 Å². The van der Waals surface area contributed by atoms with Crippen molar-refractivity contribution in [1.82, 2.24) is 4.90 Å². The molecular weight excluding hydrogens is 272 g/mol. The summed E-state index contributed by atoms with van der Waals surface area (Å²) in [6.07, 6.45) is 0.285. The highest BCUT2D eigenvalue weighted by Gasteiger charge is 2.24. The standard InChI is InChI=1S/C15H22N2O2S/c1-11(2)20-10-12-4-3-5-13(8-12)16-15(19)17-7-6-14(18)9-17/h3-5,8,11,14,18H,6-7,9-10H2,1-2H3,(H,16,19)/t14-/m0/s1. The van der Waals surface area contributed by atoms with Gasteiger partial charge in [-0.25, -0.2) is 4.79 Å². The van der Waals surface area contributed by atoms with Crippen LogP contribution >= 0.6 is 11.8 Å². The van der Waals surface area contributed by atoms with Gasteiger partial charge < -0.3 is 15.3 Å². The summed E-state index contributed by atoms with van der Waals surface area (Å²) in [5.74, 6) is 0.948. The number of β-amino-alcohol motifs (C(OH)–C–C–N with tert-alkyl or cyclic N) is 1. The zero-order chi connectivity index (χ0) is 14.5. The van der Waals surface area contributed by atoms with Crippen LogP contribution in [0.4, 0.5) is 10.5 Å². The Hall–Kier alpha value is -1.20. The Balaban J connectivity index is 1.92. The quantitative estimate of drug-likeness (QED) is 0.897. The number of likely N-dealkylation sites (tertiary alicyclic amines) is 1. The van der Waals surface area contributed by atoms with E-state index >= 15 is 0 Å². The number of rotatable bonds is 4. The number of hydrogen-bond acceptors (Lipinski definition) is 3. The SMILES string of the molecule is CC(C)SCc1cccc(NC(=O)N2CC[C@H](O)C2)c1. The van der Waals surface area contributed by atoms with Gasteiger partial charge in [0, 0.05) is 24.5 Å². The number of urea groups is 1. The van der Waals surface area contributed by atoms with Crippen LogP contribution in [0.15, 0.2) is 24.3 Å². The minimum absolute atomic E-state index is 0.129. The molecule has 2 N–H and O–H groups in total. The van der Waals surface area contributed by atoms with E-state index in [9.17, 15) is 9.90 Å². The van der Waals surface area contributed by atoms with E-state index in [1.807, 2.05) is 30.0 Å². The summed E-state index contributed by atoms with van der Waals surface area (Å²) < 4.78 is 0. The van der Waals surface area contributed by atoms with Gasteiger partial charge in [0.15, 0.2) is 0 Å². The van der Waals surface area contributed by atoms with Crippen molar-refractivity contribution in [1.29, 1.82) is 0 Å². The summed E-state index contributed by atoms with van der Waals surface area (Å²) in [6, 6.07) is 7.82. The average Bonchev–Trinajstić information content (AvgIpc) is 2.84. The molecule has 0 radical (unpaired) electrons. The lowest BCUT2D eigenvalue weighted by Crippen LogP contribution is -2.33. The Morgan fingerprint density at radius 3 is 3.00 bits per heavy atom. The lowest BCUT2D eigenvalue weighted by atomic mass is 10.2. The van der Waals surface area contributed by atoms with Gasteiger partial charge in [-0.1, -0.05) is 26.0 Å². The Bertz CT molecular complexity index is 465. The van der Waals surface area contributed by atoms with Crippen LogP contribution in [-0.4, -0.2) is 40.5 Å². The molecule has 1 aromatic carbocycles. The molecule has 0 bridgehead atoms. The minimum Gasteiger partial charge on any atom is -0.391 e. The van der Waals surface area contributed by atoms with Gasteiger partial charge in [-0.15, -0.1) is 0 Å². The Morgan fingerprint density at radius 1 is 1.55 bits per heavy atom. The molecule has 1 heterocycles. The first-order valence-electron chi connectivity index (χ1n) is 6.99. The van der Waals surface area contributed by atoms with Crippen molar-refractivity contribution in [2.45, 2.75) is 37.4 Å². The first-order chi connectivity index (χ1) is 9.54. The third-order valence-corrected chi connectivity index (χ3v) is 4.38. The van der Waals surface area contributed by atoms with E-state index in [-0.39, 0.29) is 12.1 Å². The molecule has 0 spiro atoms. The van der Waals surface area contributed by atoms with Gasteiger partial charge in [-0.2, -0.15) is 11.8 Å². The lowest BCUT2D eigenvalue weighted by Gasteiger charge is -2.17. The largest absolute Gasteiger partial charge is 0.391 e. The van der Waals surface area contributed by atoms with E-state index < -0.39 is 0 Å². The van der Waals surface area contributed by atoms with Crippen LogP contribution in [0.2, 0.25) is 0 Å². The number of anilines is 1. The monoisotopic (exact) mass is 294 g/mol. The highest BCUT2D eigenvalue weighted by Crippen LogP contribution is 2.20. The van der Waals surface area contributed by atoms with Crippen molar-refractivity contribution in [3.8, 4) is 0 Å². The molecule has 2 rings (SSSR count). The van der Waals surface area contributed by atoms with Crippen LogP contribution < -0.4 is 5.32 Å². The summed E-state index contributed by atoms with van der Waals surface area (Å²) in [5.41, 5.74) is 2.03. The molecule has 0 aromatic heterocycles. The number of benzene rings is 1. The van der Waals surface area contributed by atoms with Gasteiger partial charge in [0.05, 0.1) is 6.10 Å². The van der Waals surface area contributed by atoms with Crippen LogP contribution in [0.5, 0.6) is 0 Å². The molecule has 0 saturated carbocycles. The first kappa shape index (κ1) is 15.2. The second kappa shape index (κ2) is 6.99. The highest BCUT2D eigenvalue weighted by molar-refractivity contribution is 7.99. The number of aliphatic hydroxyl groups excluding tert-OH is 1. The van der Waals surface area contributed by atoms with E-state index in [1.165, 1.54) is 5.56 Å². The Labute approximate surface area is 124 Å². The number of carbonyl (C=O) groups excluding carboxylic acids is 1. The number of amides is 2. The fourth-order valence-electron chi connectivity index (χ4n) is 2.13. The van der Waals surface area contributed by atoms with E-state index in [2.05, 4.69) is 25.2 Å². The summed E-state index contributed by atoms with van der Waals surface area (Å²) in [6.45, 7) is 5.40.